The minimum Gasteiger partial charge on any atom is -0.341 e. The first-order valence-electron chi connectivity index (χ1n) is 14.2. The number of rotatable bonds is 3. The van der Waals surface area contributed by atoms with Crippen LogP contribution >= 0.6 is 11.3 Å². The largest absolute Gasteiger partial charge is 0.341 e. The molecule has 0 atom stereocenters. The van der Waals surface area contributed by atoms with E-state index in [4.69, 9.17) is 9.98 Å². The number of thiophene rings is 1. The number of nitrogens with one attached hydrogen (secondary N) is 1. The van der Waals surface area contributed by atoms with Crippen molar-refractivity contribution in [2.75, 3.05) is 0 Å². The van der Waals surface area contributed by atoms with Gasteiger partial charge in [0.1, 0.15) is 5.82 Å². The molecule has 0 saturated heterocycles. The monoisotopic (exact) mass is 525 g/mol. The lowest BCUT2D eigenvalue weighted by Crippen LogP contribution is -2.05. The molecular formula is C35H31N3S. The summed E-state index contributed by atoms with van der Waals surface area (Å²) in [5.41, 5.74) is 10.6. The highest BCUT2D eigenvalue weighted by Gasteiger charge is 2.27. The number of H-pyrrole nitrogens is 1. The van der Waals surface area contributed by atoms with Crippen molar-refractivity contribution < 1.29 is 0 Å². The first-order chi connectivity index (χ1) is 19.0. The minimum absolute atomic E-state index is 0.356. The summed E-state index contributed by atoms with van der Waals surface area (Å²) in [6.07, 6.45) is 3.16. The van der Waals surface area contributed by atoms with E-state index >= 15 is 0 Å². The highest BCUT2D eigenvalue weighted by atomic mass is 32.1. The molecule has 3 nitrogen and oxygen atoms in total. The minimum atomic E-state index is 0.356. The van der Waals surface area contributed by atoms with Crippen LogP contribution in [0.15, 0.2) is 71.4 Å². The summed E-state index contributed by atoms with van der Waals surface area (Å²) < 4.78 is 1.45. The summed E-state index contributed by atoms with van der Waals surface area (Å²) in [5.74, 6) is 1.92. The van der Waals surface area contributed by atoms with Crippen molar-refractivity contribution in [1.82, 2.24) is 9.97 Å². The Hall–Kier alpha value is -3.76. The maximum Gasteiger partial charge on any atom is 0.109 e. The van der Waals surface area contributed by atoms with Crippen LogP contribution in [-0.2, 0) is 6.42 Å². The van der Waals surface area contributed by atoms with Gasteiger partial charge in [-0.05, 0) is 69.3 Å². The van der Waals surface area contributed by atoms with Crippen LogP contribution in [0, 0.1) is 5.92 Å². The van der Waals surface area contributed by atoms with Crippen LogP contribution in [0.25, 0.3) is 58.7 Å². The number of aromatic amines is 1. The van der Waals surface area contributed by atoms with Gasteiger partial charge in [-0.2, -0.15) is 0 Å². The number of nitrogens with zero attached hydrogens (tertiary/aromatic N) is 2. The van der Waals surface area contributed by atoms with Crippen molar-refractivity contribution in [1.29, 1.82) is 0 Å². The molecule has 1 N–H and O–H groups in total. The van der Waals surface area contributed by atoms with Crippen molar-refractivity contribution in [3.05, 3.63) is 83.3 Å². The molecule has 192 valence electrons. The second kappa shape index (κ2) is 8.37. The lowest BCUT2D eigenvalue weighted by molar-refractivity contribution is 0.799. The molecule has 2 aromatic heterocycles. The second-order valence-corrected chi connectivity index (χ2v) is 12.8. The molecule has 39 heavy (non-hydrogen) atoms. The number of aryl methyl sites for hydroxylation is 1. The van der Waals surface area contributed by atoms with Crippen molar-refractivity contribution in [2.24, 2.45) is 10.9 Å². The lowest BCUT2D eigenvalue weighted by Gasteiger charge is -2.18. The van der Waals surface area contributed by atoms with Gasteiger partial charge in [0, 0.05) is 44.1 Å². The highest BCUT2D eigenvalue weighted by Crippen LogP contribution is 2.46. The SMILES string of the molecule is CC(C)C1=NC2=C(C1)c1ccc3cc(-c4ccc5c(c4)c4ccccc4c4nc(C(C)C)[nH]c54)sc3c1CC2. The predicted octanol–water partition coefficient (Wildman–Crippen LogP) is 10.0. The van der Waals surface area contributed by atoms with Crippen LogP contribution < -0.4 is 0 Å². The van der Waals surface area contributed by atoms with Gasteiger partial charge in [-0.15, -0.1) is 11.3 Å². The number of hydrogen-bond donors (Lipinski definition) is 1. The molecule has 3 heterocycles. The fraction of sp³-hybridized carbons (Fsp3) is 0.257. The Labute approximate surface area is 232 Å². The molecule has 0 fully saturated rings. The number of fused-ring (bicyclic) bond motifs is 10. The first kappa shape index (κ1) is 23.2. The molecule has 2 aliphatic rings. The van der Waals surface area contributed by atoms with Gasteiger partial charge in [-0.25, -0.2) is 4.98 Å². The molecule has 0 unspecified atom stereocenters. The Morgan fingerprint density at radius 2 is 1.67 bits per heavy atom. The molecule has 4 heteroatoms. The number of aliphatic imine (C=N–C) groups is 1. The Bertz CT molecular complexity index is 2050. The average molecular weight is 526 g/mol. The molecule has 6 aromatic rings. The maximum absolute atomic E-state index is 5.02. The summed E-state index contributed by atoms with van der Waals surface area (Å²) in [6, 6.07) is 22.8. The third-order valence-electron chi connectivity index (χ3n) is 8.69. The quantitative estimate of drug-likeness (QED) is 0.229. The van der Waals surface area contributed by atoms with E-state index in [-0.39, 0.29) is 0 Å². The molecule has 0 bridgehead atoms. The van der Waals surface area contributed by atoms with E-state index in [1.165, 1.54) is 70.2 Å². The van der Waals surface area contributed by atoms with E-state index in [1.807, 2.05) is 11.3 Å². The predicted molar refractivity (Wildman–Crippen MR) is 168 cm³/mol. The van der Waals surface area contributed by atoms with Crippen LogP contribution in [0.4, 0.5) is 0 Å². The fourth-order valence-electron chi connectivity index (χ4n) is 6.55. The Kier molecular flexibility index (Phi) is 4.97. The van der Waals surface area contributed by atoms with Crippen molar-refractivity contribution >= 4 is 65.3 Å². The van der Waals surface area contributed by atoms with E-state index in [2.05, 4.69) is 93.3 Å². The van der Waals surface area contributed by atoms with Gasteiger partial charge in [0.15, 0.2) is 0 Å². The van der Waals surface area contributed by atoms with E-state index < -0.39 is 0 Å². The van der Waals surface area contributed by atoms with Gasteiger partial charge < -0.3 is 4.98 Å². The standard InChI is InChI=1S/C35H31N3S/c1-18(2)30-17-28-23-11-10-21-16-31(39-34(21)26(23)13-14-29(28)36-30)20-9-12-25-27(15-20)22-7-5-6-8-24(22)32-33(25)38-35(37-32)19(3)4/h5-12,15-16,18-19H,13-14,17H2,1-4H3,(H,37,38). The van der Waals surface area contributed by atoms with Gasteiger partial charge in [0.05, 0.1) is 11.0 Å². The third-order valence-corrected chi connectivity index (χ3v) is 9.95. The summed E-state index contributed by atoms with van der Waals surface area (Å²) in [7, 11) is 0. The molecule has 0 amide bonds. The van der Waals surface area contributed by atoms with Gasteiger partial charge in [0.25, 0.3) is 0 Å². The highest BCUT2D eigenvalue weighted by molar-refractivity contribution is 7.22. The molecule has 0 spiro atoms. The topological polar surface area (TPSA) is 41.0 Å². The van der Waals surface area contributed by atoms with E-state index in [0.29, 0.717) is 11.8 Å². The van der Waals surface area contributed by atoms with E-state index in [1.54, 1.807) is 0 Å². The fourth-order valence-corrected chi connectivity index (χ4v) is 7.78. The van der Waals surface area contributed by atoms with Crippen LogP contribution in [0.5, 0.6) is 0 Å². The zero-order valence-electron chi connectivity index (χ0n) is 22.9. The lowest BCUT2D eigenvalue weighted by atomic mass is 9.86. The summed E-state index contributed by atoms with van der Waals surface area (Å²) >= 11 is 1.95. The number of allylic oxidation sites excluding steroid dienone is 2. The molecule has 0 saturated carbocycles. The van der Waals surface area contributed by atoms with E-state index in [0.717, 1.165) is 36.1 Å². The number of imidazole rings is 1. The Morgan fingerprint density at radius 3 is 2.49 bits per heavy atom. The van der Waals surface area contributed by atoms with Crippen LogP contribution in [0.2, 0.25) is 0 Å². The van der Waals surface area contributed by atoms with Crippen molar-refractivity contribution in [3.8, 4) is 10.4 Å². The average Bonchev–Trinajstić information content (AvgIpc) is 3.69. The number of hydrogen-bond acceptors (Lipinski definition) is 3. The summed E-state index contributed by atoms with van der Waals surface area (Å²) in [4.78, 5) is 15.0. The van der Waals surface area contributed by atoms with Crippen LogP contribution in [0.3, 0.4) is 0 Å². The van der Waals surface area contributed by atoms with Gasteiger partial charge in [-0.1, -0.05) is 76.2 Å². The van der Waals surface area contributed by atoms with E-state index in [9.17, 15) is 0 Å². The molecule has 8 rings (SSSR count). The van der Waals surface area contributed by atoms with Gasteiger partial charge in [-0.3, -0.25) is 4.99 Å². The smallest absolute Gasteiger partial charge is 0.109 e. The van der Waals surface area contributed by atoms with Crippen molar-refractivity contribution in [2.45, 2.75) is 52.9 Å². The molecular weight excluding hydrogens is 494 g/mol. The third kappa shape index (κ3) is 3.40. The molecule has 0 radical (unpaired) electrons. The second-order valence-electron chi connectivity index (χ2n) is 11.8. The van der Waals surface area contributed by atoms with Crippen LogP contribution in [-0.4, -0.2) is 15.7 Å². The molecule has 4 aromatic carbocycles. The number of aromatic nitrogens is 2. The summed E-state index contributed by atoms with van der Waals surface area (Å²) in [6.45, 7) is 8.92. The van der Waals surface area contributed by atoms with Gasteiger partial charge >= 0.3 is 0 Å². The maximum atomic E-state index is 5.02. The zero-order valence-corrected chi connectivity index (χ0v) is 23.7. The summed E-state index contributed by atoms with van der Waals surface area (Å²) in [5, 5.41) is 6.37. The van der Waals surface area contributed by atoms with Crippen LogP contribution in [0.1, 0.15) is 63.4 Å². The molecule has 1 aliphatic carbocycles. The zero-order chi connectivity index (χ0) is 26.4. The molecule has 1 aliphatic heterocycles. The normalized spacial score (nSPS) is 15.4. The number of benzene rings is 4. The Morgan fingerprint density at radius 1 is 0.821 bits per heavy atom. The first-order valence-corrected chi connectivity index (χ1v) is 15.0. The Balaban J connectivity index is 1.29. The van der Waals surface area contributed by atoms with Crippen molar-refractivity contribution in [3.63, 3.8) is 0 Å². The van der Waals surface area contributed by atoms with Gasteiger partial charge in [0.2, 0.25) is 0 Å².